The molecule has 4 heterocycles. The number of hydrogen-bond donors (Lipinski definition) is 0. The number of furan rings is 1. The van der Waals surface area contributed by atoms with Crippen LogP contribution >= 0.6 is 23.1 Å². The maximum atomic E-state index is 13.7. The Balaban J connectivity index is 1.47. The zero-order valence-electron chi connectivity index (χ0n) is 19.2. The average Bonchev–Trinajstić information content (AvgIpc) is 3.40. The van der Waals surface area contributed by atoms with E-state index in [2.05, 4.69) is 6.92 Å². The predicted molar refractivity (Wildman–Crippen MR) is 130 cm³/mol. The van der Waals surface area contributed by atoms with Gasteiger partial charge >= 0.3 is 0 Å². The van der Waals surface area contributed by atoms with Crippen LogP contribution in [-0.4, -0.2) is 51.4 Å². The van der Waals surface area contributed by atoms with E-state index in [1.165, 1.54) is 22.2 Å². The molecule has 1 aliphatic carbocycles. The summed E-state index contributed by atoms with van der Waals surface area (Å²) < 4.78 is 13.0. The molecule has 0 radical (unpaired) electrons. The highest BCUT2D eigenvalue weighted by Gasteiger charge is 2.28. The number of rotatable bonds is 5. The van der Waals surface area contributed by atoms with E-state index >= 15 is 0 Å². The highest BCUT2D eigenvalue weighted by molar-refractivity contribution is 7.99. The molecule has 1 amide bonds. The molecule has 1 fully saturated rings. The van der Waals surface area contributed by atoms with Crippen molar-refractivity contribution in [1.29, 1.82) is 0 Å². The third-order valence-corrected chi connectivity index (χ3v) is 8.48. The van der Waals surface area contributed by atoms with Gasteiger partial charge in [-0.15, -0.1) is 11.3 Å². The Kier molecular flexibility index (Phi) is 6.37. The highest BCUT2D eigenvalue weighted by atomic mass is 32.2. The lowest BCUT2D eigenvalue weighted by Crippen LogP contribution is -2.48. The first-order chi connectivity index (χ1) is 15.9. The van der Waals surface area contributed by atoms with Crippen molar-refractivity contribution in [2.45, 2.75) is 63.9 Å². The molecule has 3 aromatic rings. The van der Waals surface area contributed by atoms with Crippen LogP contribution in [0.3, 0.4) is 0 Å². The van der Waals surface area contributed by atoms with Crippen molar-refractivity contribution in [3.63, 3.8) is 0 Å². The molecule has 0 aromatic carbocycles. The van der Waals surface area contributed by atoms with Crippen LogP contribution < -0.4 is 5.56 Å². The first-order valence-corrected chi connectivity index (χ1v) is 13.3. The van der Waals surface area contributed by atoms with E-state index in [0.717, 1.165) is 29.5 Å². The fraction of sp³-hybridized carbons (Fsp3) is 0.542. The molecule has 0 bridgehead atoms. The molecule has 176 valence electrons. The molecular formula is C24H29N3O4S2. The Labute approximate surface area is 201 Å². The number of aryl methyl sites for hydroxylation is 1. The lowest BCUT2D eigenvalue weighted by atomic mass is 9.89. The van der Waals surface area contributed by atoms with E-state index in [1.807, 2.05) is 30.9 Å². The molecular weight excluding hydrogens is 458 g/mol. The maximum absolute atomic E-state index is 13.7. The van der Waals surface area contributed by atoms with Gasteiger partial charge in [0.2, 0.25) is 5.91 Å². The predicted octanol–water partition coefficient (Wildman–Crippen LogP) is 3.95. The summed E-state index contributed by atoms with van der Waals surface area (Å²) in [5.74, 6) is 1.60. The van der Waals surface area contributed by atoms with Crippen molar-refractivity contribution < 1.29 is 13.9 Å². The Morgan fingerprint density at radius 3 is 2.79 bits per heavy atom. The van der Waals surface area contributed by atoms with Crippen LogP contribution in [0.4, 0.5) is 0 Å². The van der Waals surface area contributed by atoms with Crippen molar-refractivity contribution in [3.8, 4) is 0 Å². The molecule has 9 heteroatoms. The lowest BCUT2D eigenvalue weighted by Gasteiger charge is -2.35. The van der Waals surface area contributed by atoms with E-state index in [9.17, 15) is 9.59 Å². The second kappa shape index (κ2) is 9.27. The Morgan fingerprint density at radius 1 is 1.27 bits per heavy atom. The summed E-state index contributed by atoms with van der Waals surface area (Å²) in [7, 11) is 0. The number of carbonyl (C=O) groups is 1. The van der Waals surface area contributed by atoms with Crippen molar-refractivity contribution in [1.82, 2.24) is 14.5 Å². The number of thioether (sulfide) groups is 1. The van der Waals surface area contributed by atoms with E-state index < -0.39 is 0 Å². The van der Waals surface area contributed by atoms with Gasteiger partial charge in [-0.05, 0) is 56.7 Å². The minimum atomic E-state index is -0.0352. The number of thiophene rings is 1. The molecule has 0 N–H and O–H groups in total. The zero-order valence-corrected chi connectivity index (χ0v) is 20.8. The first kappa shape index (κ1) is 22.7. The SMILES string of the molecule is CC1CCc2c(sc3nc(SCC(=O)N4CC(C)OC(C)C4)n(Cc4ccco4)c(=O)c23)C1. The van der Waals surface area contributed by atoms with E-state index in [0.29, 0.717) is 36.5 Å². The van der Waals surface area contributed by atoms with Crippen LogP contribution in [-0.2, 0) is 28.9 Å². The van der Waals surface area contributed by atoms with Gasteiger partial charge in [0, 0.05) is 18.0 Å². The Bertz CT molecular complexity index is 1210. The number of hydrogen-bond acceptors (Lipinski definition) is 7. The van der Waals surface area contributed by atoms with Crippen LogP contribution in [0.25, 0.3) is 10.2 Å². The number of carbonyl (C=O) groups excluding carboxylic acids is 1. The number of aromatic nitrogens is 2. The second-order valence-electron chi connectivity index (χ2n) is 9.24. The first-order valence-electron chi connectivity index (χ1n) is 11.5. The summed E-state index contributed by atoms with van der Waals surface area (Å²) in [5.41, 5.74) is 1.13. The largest absolute Gasteiger partial charge is 0.467 e. The van der Waals surface area contributed by atoms with Crippen LogP contribution in [0.1, 0.15) is 43.4 Å². The summed E-state index contributed by atoms with van der Waals surface area (Å²) >= 11 is 2.97. The molecule has 3 atom stereocenters. The standard InChI is InChI=1S/C24H29N3O4S2/c1-14-6-7-18-19(9-14)33-22-21(18)23(29)27(12-17-5-4-8-30-17)24(25-22)32-13-20(28)26-10-15(2)31-16(3)11-26/h4-5,8,14-16H,6-7,9-13H2,1-3H3. The summed E-state index contributed by atoms with van der Waals surface area (Å²) in [5, 5.41) is 1.32. The molecule has 2 aliphatic rings. The molecule has 1 saturated heterocycles. The van der Waals surface area contributed by atoms with Gasteiger partial charge in [-0.25, -0.2) is 4.98 Å². The summed E-state index contributed by atoms with van der Waals surface area (Å²) in [6.07, 6.45) is 4.67. The van der Waals surface area contributed by atoms with Gasteiger partial charge in [0.15, 0.2) is 5.16 Å². The highest BCUT2D eigenvalue weighted by Crippen LogP contribution is 2.36. The monoisotopic (exact) mass is 487 g/mol. The Hall–Kier alpha value is -2.10. The molecule has 5 rings (SSSR count). The number of nitrogens with zero attached hydrogens (tertiary/aromatic N) is 3. The van der Waals surface area contributed by atoms with Gasteiger partial charge in [0.25, 0.3) is 5.56 Å². The van der Waals surface area contributed by atoms with Gasteiger partial charge in [-0.3, -0.25) is 14.2 Å². The summed E-state index contributed by atoms with van der Waals surface area (Å²) in [6, 6.07) is 3.68. The molecule has 0 spiro atoms. The minimum Gasteiger partial charge on any atom is -0.467 e. The zero-order chi connectivity index (χ0) is 23.1. The molecule has 3 aromatic heterocycles. The van der Waals surface area contributed by atoms with Crippen LogP contribution in [0.5, 0.6) is 0 Å². The molecule has 0 saturated carbocycles. The lowest BCUT2D eigenvalue weighted by molar-refractivity contribution is -0.140. The van der Waals surface area contributed by atoms with Gasteiger partial charge in [-0.2, -0.15) is 0 Å². The third-order valence-electron chi connectivity index (χ3n) is 6.37. The quantitative estimate of drug-likeness (QED) is 0.401. The van der Waals surface area contributed by atoms with Gasteiger partial charge in [0.1, 0.15) is 10.6 Å². The van der Waals surface area contributed by atoms with Crippen molar-refractivity contribution in [3.05, 3.63) is 45.0 Å². The third kappa shape index (κ3) is 4.63. The summed E-state index contributed by atoms with van der Waals surface area (Å²) in [6.45, 7) is 7.71. The minimum absolute atomic E-state index is 0.0224. The van der Waals surface area contributed by atoms with Crippen molar-refractivity contribution in [2.75, 3.05) is 18.8 Å². The van der Waals surface area contributed by atoms with E-state index in [-0.39, 0.29) is 29.4 Å². The van der Waals surface area contributed by atoms with Gasteiger partial charge in [-0.1, -0.05) is 18.7 Å². The second-order valence-corrected chi connectivity index (χ2v) is 11.3. The fourth-order valence-electron chi connectivity index (χ4n) is 4.81. The number of ether oxygens (including phenoxy) is 1. The molecule has 3 unspecified atom stereocenters. The number of amides is 1. The van der Waals surface area contributed by atoms with E-state index in [1.54, 1.807) is 22.2 Å². The maximum Gasteiger partial charge on any atom is 0.263 e. The molecule has 7 nitrogen and oxygen atoms in total. The number of morpholine rings is 1. The topological polar surface area (TPSA) is 77.6 Å². The van der Waals surface area contributed by atoms with Crippen LogP contribution in [0.2, 0.25) is 0 Å². The molecule has 33 heavy (non-hydrogen) atoms. The smallest absolute Gasteiger partial charge is 0.263 e. The number of fused-ring (bicyclic) bond motifs is 3. The normalized spacial score (nSPS) is 23.1. The fourth-order valence-corrected chi connectivity index (χ4v) is 7.14. The van der Waals surface area contributed by atoms with Crippen LogP contribution in [0.15, 0.2) is 32.8 Å². The van der Waals surface area contributed by atoms with Crippen LogP contribution in [0, 0.1) is 5.92 Å². The average molecular weight is 488 g/mol. The van der Waals surface area contributed by atoms with Crippen molar-refractivity contribution >= 4 is 39.2 Å². The summed E-state index contributed by atoms with van der Waals surface area (Å²) in [4.78, 5) is 35.5. The van der Waals surface area contributed by atoms with E-state index in [4.69, 9.17) is 14.1 Å². The Morgan fingerprint density at radius 2 is 2.06 bits per heavy atom. The molecule has 1 aliphatic heterocycles. The van der Waals surface area contributed by atoms with Crippen molar-refractivity contribution in [2.24, 2.45) is 5.92 Å². The van der Waals surface area contributed by atoms with Gasteiger partial charge < -0.3 is 14.1 Å². The van der Waals surface area contributed by atoms with Gasteiger partial charge in [0.05, 0.1) is 36.2 Å².